The van der Waals surface area contributed by atoms with Crippen molar-refractivity contribution in [3.8, 4) is 11.5 Å². The van der Waals surface area contributed by atoms with E-state index in [0.717, 1.165) is 24.0 Å². The molecule has 1 aliphatic heterocycles. The summed E-state index contributed by atoms with van der Waals surface area (Å²) in [5, 5.41) is 10.7. The fourth-order valence-electron chi connectivity index (χ4n) is 4.93. The number of anilines is 1. The van der Waals surface area contributed by atoms with E-state index in [0.29, 0.717) is 41.0 Å². The number of hydrogen-bond acceptors (Lipinski definition) is 7. The summed E-state index contributed by atoms with van der Waals surface area (Å²) in [6.07, 6.45) is 1.69. The molecule has 3 aromatic carbocycles. The first-order valence-corrected chi connectivity index (χ1v) is 13.4. The van der Waals surface area contributed by atoms with Gasteiger partial charge in [-0.3, -0.25) is 14.5 Å². The predicted octanol–water partition coefficient (Wildman–Crippen LogP) is 6.22. The van der Waals surface area contributed by atoms with E-state index in [1.807, 2.05) is 20.8 Å². The highest BCUT2D eigenvalue weighted by Crippen LogP contribution is 2.43. The van der Waals surface area contributed by atoms with Gasteiger partial charge in [0.25, 0.3) is 5.91 Å². The molecule has 1 aliphatic rings. The Bertz CT molecular complexity index is 1670. The van der Waals surface area contributed by atoms with Gasteiger partial charge in [0.15, 0.2) is 16.9 Å². The number of carbonyl (C=O) groups excluding carboxylic acids is 2. The van der Waals surface area contributed by atoms with Gasteiger partial charge in [0.05, 0.1) is 35.8 Å². The zero-order valence-electron chi connectivity index (χ0n) is 22.9. The Balaban J connectivity index is 1.66. The van der Waals surface area contributed by atoms with Crippen molar-refractivity contribution in [1.82, 2.24) is 0 Å². The lowest BCUT2D eigenvalue weighted by molar-refractivity contribution is 0.0499. The SMILES string of the molecule is CCCCOC(=O)c1ccc(N2C(=O)c3oc4cc(C)c(C)cc4c(=O)c3C2c2ccc(O)c(OCC)c2)cc1. The van der Waals surface area contributed by atoms with Gasteiger partial charge in [-0.1, -0.05) is 19.4 Å². The highest BCUT2D eigenvalue weighted by atomic mass is 16.5. The van der Waals surface area contributed by atoms with Crippen molar-refractivity contribution in [3.05, 3.63) is 98.4 Å². The molecule has 40 heavy (non-hydrogen) atoms. The summed E-state index contributed by atoms with van der Waals surface area (Å²) in [6, 6.07) is 13.9. The summed E-state index contributed by atoms with van der Waals surface area (Å²) in [4.78, 5) is 41.8. The van der Waals surface area contributed by atoms with Gasteiger partial charge in [-0.05, 0) is 92.4 Å². The predicted molar refractivity (Wildman–Crippen MR) is 152 cm³/mol. The average Bonchev–Trinajstić information content (AvgIpc) is 3.23. The van der Waals surface area contributed by atoms with E-state index in [9.17, 15) is 19.5 Å². The molecule has 5 rings (SSSR count). The number of hydrogen-bond donors (Lipinski definition) is 1. The molecule has 1 atom stereocenters. The van der Waals surface area contributed by atoms with Gasteiger partial charge in [0.2, 0.25) is 5.76 Å². The van der Waals surface area contributed by atoms with Crippen LogP contribution in [0.15, 0.2) is 63.8 Å². The molecule has 1 N–H and O–H groups in total. The van der Waals surface area contributed by atoms with Gasteiger partial charge < -0.3 is 19.0 Å². The van der Waals surface area contributed by atoms with Crippen LogP contribution in [0.2, 0.25) is 0 Å². The Morgan fingerprint density at radius 2 is 1.73 bits per heavy atom. The number of phenolic OH excluding ortho intramolecular Hbond substituents is 1. The van der Waals surface area contributed by atoms with Crippen molar-refractivity contribution in [1.29, 1.82) is 0 Å². The molecule has 0 bridgehead atoms. The lowest BCUT2D eigenvalue weighted by Crippen LogP contribution is -2.29. The number of ether oxygens (including phenoxy) is 2. The number of fused-ring (bicyclic) bond motifs is 2. The fraction of sp³-hybridized carbons (Fsp3) is 0.281. The highest BCUT2D eigenvalue weighted by molar-refractivity contribution is 6.11. The molecule has 0 saturated heterocycles. The summed E-state index contributed by atoms with van der Waals surface area (Å²) >= 11 is 0. The van der Waals surface area contributed by atoms with Crippen molar-refractivity contribution >= 4 is 28.5 Å². The minimum Gasteiger partial charge on any atom is -0.504 e. The van der Waals surface area contributed by atoms with Crippen LogP contribution in [0.1, 0.15) is 75.9 Å². The maximum absolute atomic E-state index is 14.0. The van der Waals surface area contributed by atoms with Crippen LogP contribution in [0.3, 0.4) is 0 Å². The minimum absolute atomic E-state index is 0.0418. The second kappa shape index (κ2) is 10.9. The van der Waals surface area contributed by atoms with Crippen molar-refractivity contribution in [2.24, 2.45) is 0 Å². The molecule has 0 aliphatic carbocycles. The Morgan fingerprint density at radius 3 is 2.42 bits per heavy atom. The number of aromatic hydroxyl groups is 1. The monoisotopic (exact) mass is 541 g/mol. The minimum atomic E-state index is -0.855. The number of carbonyl (C=O) groups is 2. The second-order valence-electron chi connectivity index (χ2n) is 9.88. The molecule has 1 aromatic heterocycles. The third-order valence-corrected chi connectivity index (χ3v) is 7.20. The standard InChI is InChI=1S/C32H31NO7/c1-5-7-14-39-32(37)20-8-11-22(12-9-20)33-28(21-10-13-24(34)26(17-21)38-6-2)27-29(35)23-15-18(3)19(4)16-25(23)40-30(27)31(33)36/h8-13,15-17,28,34H,5-7,14H2,1-4H3. The molecule has 8 heteroatoms. The van der Waals surface area contributed by atoms with Gasteiger partial charge in [0.1, 0.15) is 5.58 Å². The van der Waals surface area contributed by atoms with E-state index in [2.05, 4.69) is 0 Å². The lowest BCUT2D eigenvalue weighted by atomic mass is 9.97. The summed E-state index contributed by atoms with van der Waals surface area (Å²) < 4.78 is 17.0. The summed E-state index contributed by atoms with van der Waals surface area (Å²) in [7, 11) is 0. The Labute approximate surface area is 231 Å². The van der Waals surface area contributed by atoms with Gasteiger partial charge in [-0.25, -0.2) is 4.79 Å². The number of rotatable bonds is 8. The molecule has 0 saturated carbocycles. The summed E-state index contributed by atoms with van der Waals surface area (Å²) in [6.45, 7) is 8.30. The second-order valence-corrected chi connectivity index (χ2v) is 9.88. The molecule has 2 heterocycles. The van der Waals surface area contributed by atoms with Gasteiger partial charge >= 0.3 is 5.97 Å². The topological polar surface area (TPSA) is 106 Å². The number of nitrogens with zero attached hydrogens (tertiary/aromatic N) is 1. The van der Waals surface area contributed by atoms with E-state index in [4.69, 9.17) is 13.9 Å². The third-order valence-electron chi connectivity index (χ3n) is 7.20. The van der Waals surface area contributed by atoms with Gasteiger partial charge in [-0.15, -0.1) is 0 Å². The van der Waals surface area contributed by atoms with Crippen LogP contribution in [0.5, 0.6) is 11.5 Å². The maximum Gasteiger partial charge on any atom is 0.338 e. The molecular weight excluding hydrogens is 510 g/mol. The molecule has 1 unspecified atom stereocenters. The van der Waals surface area contributed by atoms with E-state index in [1.165, 1.54) is 11.0 Å². The molecule has 0 radical (unpaired) electrons. The first kappa shape index (κ1) is 27.0. The molecule has 4 aromatic rings. The zero-order chi connectivity index (χ0) is 28.6. The van der Waals surface area contributed by atoms with Crippen molar-refractivity contribution in [3.63, 3.8) is 0 Å². The van der Waals surface area contributed by atoms with Crippen molar-refractivity contribution in [2.75, 3.05) is 18.1 Å². The van der Waals surface area contributed by atoms with Gasteiger partial charge in [0, 0.05) is 5.69 Å². The first-order chi connectivity index (χ1) is 19.2. The van der Waals surface area contributed by atoms with Crippen LogP contribution < -0.4 is 15.1 Å². The molecule has 0 spiro atoms. The Kier molecular flexibility index (Phi) is 7.34. The Morgan fingerprint density at radius 1 is 1.00 bits per heavy atom. The first-order valence-electron chi connectivity index (χ1n) is 13.4. The molecule has 8 nitrogen and oxygen atoms in total. The Hall–Kier alpha value is -4.59. The number of esters is 1. The third kappa shape index (κ3) is 4.70. The van der Waals surface area contributed by atoms with Crippen LogP contribution >= 0.6 is 0 Å². The van der Waals surface area contributed by atoms with E-state index >= 15 is 0 Å². The van der Waals surface area contributed by atoms with E-state index in [-0.39, 0.29) is 28.3 Å². The molecule has 1 amide bonds. The van der Waals surface area contributed by atoms with E-state index < -0.39 is 17.9 Å². The highest BCUT2D eigenvalue weighted by Gasteiger charge is 2.44. The van der Waals surface area contributed by atoms with Crippen LogP contribution in [0, 0.1) is 13.8 Å². The largest absolute Gasteiger partial charge is 0.504 e. The number of amides is 1. The van der Waals surface area contributed by atoms with Crippen LogP contribution in [0.4, 0.5) is 5.69 Å². The molecule has 206 valence electrons. The maximum atomic E-state index is 14.0. The summed E-state index contributed by atoms with van der Waals surface area (Å²) in [5.41, 5.74) is 3.50. The van der Waals surface area contributed by atoms with Gasteiger partial charge in [-0.2, -0.15) is 0 Å². The number of phenols is 1. The van der Waals surface area contributed by atoms with Crippen LogP contribution in [-0.2, 0) is 4.74 Å². The van der Waals surface area contributed by atoms with E-state index in [1.54, 1.807) is 55.5 Å². The number of unbranched alkanes of at least 4 members (excludes halogenated alkanes) is 1. The molecular formula is C32H31NO7. The average molecular weight is 542 g/mol. The normalized spacial score (nSPS) is 14.4. The zero-order valence-corrected chi connectivity index (χ0v) is 22.9. The van der Waals surface area contributed by atoms with Crippen LogP contribution in [-0.4, -0.2) is 30.2 Å². The van der Waals surface area contributed by atoms with Crippen LogP contribution in [0.25, 0.3) is 11.0 Å². The smallest absolute Gasteiger partial charge is 0.338 e. The lowest BCUT2D eigenvalue weighted by Gasteiger charge is -2.26. The molecule has 0 fully saturated rings. The fourth-order valence-corrected chi connectivity index (χ4v) is 4.93. The summed E-state index contributed by atoms with van der Waals surface area (Å²) in [5.74, 6) is -0.783. The number of benzene rings is 3. The van der Waals surface area contributed by atoms with Crippen molar-refractivity contribution in [2.45, 2.75) is 46.6 Å². The number of aryl methyl sites for hydroxylation is 2. The van der Waals surface area contributed by atoms with Crippen molar-refractivity contribution < 1.29 is 28.6 Å². The quantitative estimate of drug-likeness (QED) is 0.208.